The van der Waals surface area contributed by atoms with Gasteiger partial charge in [-0.3, -0.25) is 4.79 Å². The van der Waals surface area contributed by atoms with Crippen LogP contribution in [0.25, 0.3) is 0 Å². The number of carbonyl (C=O) groups is 1. The fourth-order valence-corrected chi connectivity index (χ4v) is 3.99. The van der Waals surface area contributed by atoms with E-state index in [1.54, 1.807) is 0 Å². The highest BCUT2D eigenvalue weighted by molar-refractivity contribution is 7.91. The Morgan fingerprint density at radius 1 is 1.33 bits per heavy atom. The lowest BCUT2D eigenvalue weighted by Gasteiger charge is -2.07. The van der Waals surface area contributed by atoms with Gasteiger partial charge < -0.3 is 0 Å². The van der Waals surface area contributed by atoms with Gasteiger partial charge in [-0.15, -0.1) is 0 Å². The van der Waals surface area contributed by atoms with Crippen molar-refractivity contribution in [2.75, 3.05) is 11.5 Å². The first-order chi connectivity index (χ1) is 8.39. The molecule has 1 atom stereocenters. The van der Waals surface area contributed by atoms with E-state index in [0.717, 1.165) is 6.07 Å². The Morgan fingerprint density at radius 2 is 2.06 bits per heavy atom. The minimum absolute atomic E-state index is 0.0460. The van der Waals surface area contributed by atoms with Crippen LogP contribution in [0, 0.1) is 17.6 Å². The predicted octanol–water partition coefficient (Wildman–Crippen LogP) is 1.97. The predicted molar refractivity (Wildman–Crippen MR) is 62.1 cm³/mol. The molecular weight excluding hydrogens is 262 g/mol. The molecule has 0 radical (unpaired) electrons. The molecule has 2 rings (SSSR count). The number of Topliss-reactive ketones (excluding diaryl/α,β-unsaturated/α-hetero) is 1. The minimum atomic E-state index is -3.06. The second kappa shape index (κ2) is 4.76. The molecular formula is C12H12F2O3S. The van der Waals surface area contributed by atoms with E-state index in [1.807, 2.05) is 0 Å². The van der Waals surface area contributed by atoms with Gasteiger partial charge in [0.25, 0.3) is 0 Å². The Balaban J connectivity index is 2.11. The van der Waals surface area contributed by atoms with Crippen molar-refractivity contribution in [3.8, 4) is 0 Å². The first kappa shape index (κ1) is 13.1. The van der Waals surface area contributed by atoms with Crippen LogP contribution in [0.3, 0.4) is 0 Å². The number of carbonyl (C=O) groups excluding carboxylic acids is 1. The van der Waals surface area contributed by atoms with Crippen molar-refractivity contribution in [1.29, 1.82) is 0 Å². The Bertz CT molecular complexity index is 581. The molecule has 6 heteroatoms. The Labute approximate surface area is 104 Å². The number of hydrogen-bond donors (Lipinski definition) is 0. The smallest absolute Gasteiger partial charge is 0.169 e. The summed E-state index contributed by atoms with van der Waals surface area (Å²) in [5.41, 5.74) is -0.306. The van der Waals surface area contributed by atoms with Gasteiger partial charge in [0.1, 0.15) is 0 Å². The van der Waals surface area contributed by atoms with Crippen molar-refractivity contribution < 1.29 is 22.0 Å². The van der Waals surface area contributed by atoms with Gasteiger partial charge in [-0.25, -0.2) is 17.2 Å². The molecule has 1 saturated heterocycles. The highest BCUT2D eigenvalue weighted by Crippen LogP contribution is 2.24. The second-order valence-electron chi connectivity index (χ2n) is 4.50. The highest BCUT2D eigenvalue weighted by atomic mass is 32.2. The summed E-state index contributed by atoms with van der Waals surface area (Å²) >= 11 is 0. The zero-order chi connectivity index (χ0) is 13.3. The molecule has 18 heavy (non-hydrogen) atoms. The van der Waals surface area contributed by atoms with Gasteiger partial charge in [0, 0.05) is 6.42 Å². The van der Waals surface area contributed by atoms with Gasteiger partial charge in [0.15, 0.2) is 27.3 Å². The zero-order valence-electron chi connectivity index (χ0n) is 9.53. The van der Waals surface area contributed by atoms with Gasteiger partial charge in [-0.05, 0) is 24.5 Å². The lowest BCUT2D eigenvalue weighted by Crippen LogP contribution is -2.12. The van der Waals surface area contributed by atoms with Crippen molar-refractivity contribution in [3.05, 3.63) is 35.4 Å². The van der Waals surface area contributed by atoms with E-state index < -0.39 is 27.3 Å². The summed E-state index contributed by atoms with van der Waals surface area (Å²) < 4.78 is 48.8. The van der Waals surface area contributed by atoms with Crippen molar-refractivity contribution in [3.63, 3.8) is 0 Å². The van der Waals surface area contributed by atoms with Gasteiger partial charge in [-0.2, -0.15) is 0 Å². The number of sulfone groups is 1. The topological polar surface area (TPSA) is 51.2 Å². The van der Waals surface area contributed by atoms with Crippen LogP contribution in [0.5, 0.6) is 0 Å². The molecule has 0 spiro atoms. The molecule has 1 aromatic rings. The second-order valence-corrected chi connectivity index (χ2v) is 6.73. The number of ketones is 1. The molecule has 1 unspecified atom stereocenters. The maximum absolute atomic E-state index is 13.4. The highest BCUT2D eigenvalue weighted by Gasteiger charge is 2.30. The SMILES string of the molecule is O=C(CC1CCS(=O)(=O)C1)c1cccc(F)c1F. The largest absolute Gasteiger partial charge is 0.294 e. The van der Waals surface area contributed by atoms with Crippen molar-refractivity contribution >= 4 is 15.6 Å². The average molecular weight is 274 g/mol. The molecule has 0 bridgehead atoms. The molecule has 0 aromatic heterocycles. The average Bonchev–Trinajstić information content (AvgIpc) is 2.62. The third kappa shape index (κ3) is 2.75. The van der Waals surface area contributed by atoms with E-state index in [0.29, 0.717) is 6.42 Å². The summed E-state index contributed by atoms with van der Waals surface area (Å²) in [6.45, 7) is 0. The van der Waals surface area contributed by atoms with E-state index >= 15 is 0 Å². The number of rotatable bonds is 3. The molecule has 0 amide bonds. The Hall–Kier alpha value is -1.30. The maximum Gasteiger partial charge on any atom is 0.169 e. The maximum atomic E-state index is 13.4. The molecule has 0 saturated carbocycles. The van der Waals surface area contributed by atoms with Gasteiger partial charge in [0.05, 0.1) is 17.1 Å². The summed E-state index contributed by atoms with van der Waals surface area (Å²) in [5.74, 6) is -3.05. The van der Waals surface area contributed by atoms with Gasteiger partial charge in [-0.1, -0.05) is 6.07 Å². The fraction of sp³-hybridized carbons (Fsp3) is 0.417. The number of benzene rings is 1. The molecule has 3 nitrogen and oxygen atoms in total. The fourth-order valence-electron chi connectivity index (χ4n) is 2.12. The third-order valence-electron chi connectivity index (χ3n) is 3.05. The van der Waals surface area contributed by atoms with Crippen LogP contribution >= 0.6 is 0 Å². The van der Waals surface area contributed by atoms with E-state index in [4.69, 9.17) is 0 Å². The van der Waals surface area contributed by atoms with E-state index in [1.165, 1.54) is 12.1 Å². The number of halogens is 2. The van der Waals surface area contributed by atoms with Crippen molar-refractivity contribution in [2.45, 2.75) is 12.8 Å². The lowest BCUT2D eigenvalue weighted by molar-refractivity contribution is 0.0960. The monoisotopic (exact) mass is 274 g/mol. The molecule has 98 valence electrons. The van der Waals surface area contributed by atoms with Crippen LogP contribution in [0.15, 0.2) is 18.2 Å². The molecule has 1 aliphatic heterocycles. The van der Waals surface area contributed by atoms with E-state index in [2.05, 4.69) is 0 Å². The van der Waals surface area contributed by atoms with Crippen LogP contribution in [0.4, 0.5) is 8.78 Å². The summed E-state index contributed by atoms with van der Waals surface area (Å²) in [6.07, 6.45) is 0.352. The van der Waals surface area contributed by atoms with Crippen molar-refractivity contribution in [1.82, 2.24) is 0 Å². The van der Waals surface area contributed by atoms with Crippen LogP contribution < -0.4 is 0 Å². The minimum Gasteiger partial charge on any atom is -0.294 e. The summed E-state index contributed by atoms with van der Waals surface area (Å²) in [5, 5.41) is 0. The first-order valence-electron chi connectivity index (χ1n) is 5.57. The van der Waals surface area contributed by atoms with E-state index in [-0.39, 0.29) is 29.4 Å². The van der Waals surface area contributed by atoms with Crippen LogP contribution in [-0.4, -0.2) is 25.7 Å². The van der Waals surface area contributed by atoms with Gasteiger partial charge >= 0.3 is 0 Å². The first-order valence-corrected chi connectivity index (χ1v) is 7.39. The van der Waals surface area contributed by atoms with Crippen LogP contribution in [0.1, 0.15) is 23.2 Å². The van der Waals surface area contributed by atoms with E-state index in [9.17, 15) is 22.0 Å². The summed E-state index contributed by atoms with van der Waals surface area (Å²) in [7, 11) is -3.06. The van der Waals surface area contributed by atoms with Crippen LogP contribution in [-0.2, 0) is 9.84 Å². The number of hydrogen-bond acceptors (Lipinski definition) is 3. The third-order valence-corrected chi connectivity index (χ3v) is 4.89. The zero-order valence-corrected chi connectivity index (χ0v) is 10.3. The summed E-state index contributed by atoms with van der Waals surface area (Å²) in [4.78, 5) is 11.8. The van der Waals surface area contributed by atoms with Crippen molar-refractivity contribution in [2.24, 2.45) is 5.92 Å². The van der Waals surface area contributed by atoms with Crippen LogP contribution in [0.2, 0.25) is 0 Å². The Morgan fingerprint density at radius 3 is 2.67 bits per heavy atom. The molecule has 1 aromatic carbocycles. The Kier molecular flexibility index (Phi) is 3.47. The molecule has 1 fully saturated rings. The normalized spacial score (nSPS) is 22.0. The van der Waals surface area contributed by atoms with Gasteiger partial charge in [0.2, 0.25) is 0 Å². The lowest BCUT2D eigenvalue weighted by atomic mass is 9.97. The molecule has 0 aliphatic carbocycles. The summed E-state index contributed by atoms with van der Waals surface area (Å²) in [6, 6.07) is 3.41. The molecule has 1 aliphatic rings. The molecule has 0 N–H and O–H groups in total. The quantitative estimate of drug-likeness (QED) is 0.792. The standard InChI is InChI=1S/C12H12F2O3S/c13-10-3-1-2-9(12(10)14)11(15)6-8-4-5-18(16,17)7-8/h1-3,8H,4-7H2. The molecule has 1 heterocycles.